The van der Waals surface area contributed by atoms with Crippen LogP contribution >= 0.6 is 12.4 Å². The zero-order chi connectivity index (χ0) is 17.5. The molecule has 0 spiro atoms. The average molecular weight is 377 g/mol. The number of halogens is 1. The van der Waals surface area contributed by atoms with Gasteiger partial charge in [0.15, 0.2) is 0 Å². The van der Waals surface area contributed by atoms with Gasteiger partial charge in [0.1, 0.15) is 11.5 Å². The predicted molar refractivity (Wildman–Crippen MR) is 104 cm³/mol. The van der Waals surface area contributed by atoms with Gasteiger partial charge in [-0.3, -0.25) is 4.79 Å². The van der Waals surface area contributed by atoms with E-state index in [1.165, 1.54) is 0 Å². The highest BCUT2D eigenvalue weighted by molar-refractivity contribution is 5.85. The molecule has 1 aliphatic heterocycles. The number of nitrogens with two attached hydrogens (primary N) is 1. The van der Waals surface area contributed by atoms with Gasteiger partial charge in [0.05, 0.1) is 5.41 Å². The molecule has 26 heavy (non-hydrogen) atoms. The standard InChI is InChI=1S/C20H24N2O3.ClH/c21-15-20(10-12-24-13-11-20)19(23)22-14-16-6-4-5-9-18(16)25-17-7-2-1-3-8-17;/h1-9H,10-15,21H2,(H,22,23);1H. The van der Waals surface area contributed by atoms with Crippen molar-refractivity contribution in [1.29, 1.82) is 0 Å². The maximum atomic E-state index is 12.7. The first-order valence-corrected chi connectivity index (χ1v) is 8.60. The molecule has 6 heteroatoms. The van der Waals surface area contributed by atoms with Gasteiger partial charge in [-0.05, 0) is 31.0 Å². The van der Waals surface area contributed by atoms with Crippen molar-refractivity contribution in [3.63, 3.8) is 0 Å². The molecule has 1 heterocycles. The molecule has 2 aromatic carbocycles. The van der Waals surface area contributed by atoms with Crippen molar-refractivity contribution in [3.05, 3.63) is 60.2 Å². The van der Waals surface area contributed by atoms with Crippen LogP contribution in [0.15, 0.2) is 54.6 Å². The highest BCUT2D eigenvalue weighted by atomic mass is 35.5. The SMILES string of the molecule is Cl.NCC1(C(=O)NCc2ccccc2Oc2ccccc2)CCOCC1. The second-order valence-electron chi connectivity index (χ2n) is 6.30. The van der Waals surface area contributed by atoms with Crippen LogP contribution < -0.4 is 15.8 Å². The van der Waals surface area contributed by atoms with Gasteiger partial charge in [-0.15, -0.1) is 12.4 Å². The molecule has 0 aromatic heterocycles. The van der Waals surface area contributed by atoms with Crippen molar-refractivity contribution in [2.45, 2.75) is 19.4 Å². The fourth-order valence-electron chi connectivity index (χ4n) is 3.01. The van der Waals surface area contributed by atoms with E-state index >= 15 is 0 Å². The molecule has 1 saturated heterocycles. The topological polar surface area (TPSA) is 73.6 Å². The Morgan fingerprint density at radius 3 is 2.42 bits per heavy atom. The highest BCUT2D eigenvalue weighted by Crippen LogP contribution is 2.30. The van der Waals surface area contributed by atoms with Crippen LogP contribution in [-0.4, -0.2) is 25.7 Å². The molecule has 1 amide bonds. The van der Waals surface area contributed by atoms with Gasteiger partial charge in [-0.1, -0.05) is 36.4 Å². The summed E-state index contributed by atoms with van der Waals surface area (Å²) in [5.74, 6) is 1.50. The molecular weight excluding hydrogens is 352 g/mol. The van der Waals surface area contributed by atoms with Crippen LogP contribution in [0, 0.1) is 5.41 Å². The summed E-state index contributed by atoms with van der Waals surface area (Å²) in [5.41, 5.74) is 6.31. The third-order valence-electron chi connectivity index (χ3n) is 4.71. The van der Waals surface area contributed by atoms with Crippen LogP contribution in [0.3, 0.4) is 0 Å². The van der Waals surface area contributed by atoms with Crippen molar-refractivity contribution >= 4 is 18.3 Å². The maximum absolute atomic E-state index is 12.7. The lowest BCUT2D eigenvalue weighted by Gasteiger charge is -2.34. The van der Waals surface area contributed by atoms with E-state index in [0.717, 1.165) is 17.1 Å². The number of carbonyl (C=O) groups is 1. The summed E-state index contributed by atoms with van der Waals surface area (Å²) in [6.45, 7) is 1.91. The molecule has 0 saturated carbocycles. The Morgan fingerprint density at radius 2 is 1.73 bits per heavy atom. The van der Waals surface area contributed by atoms with E-state index in [1.54, 1.807) is 0 Å². The Balaban J connectivity index is 0.00000243. The molecule has 0 unspecified atom stereocenters. The van der Waals surface area contributed by atoms with E-state index in [2.05, 4.69) is 5.32 Å². The van der Waals surface area contributed by atoms with Gasteiger partial charge in [0.2, 0.25) is 5.91 Å². The fourth-order valence-corrected chi connectivity index (χ4v) is 3.01. The molecule has 3 rings (SSSR count). The van der Waals surface area contributed by atoms with Crippen LogP contribution in [0.25, 0.3) is 0 Å². The first-order chi connectivity index (χ1) is 12.2. The summed E-state index contributed by atoms with van der Waals surface area (Å²) in [4.78, 5) is 12.7. The average Bonchev–Trinajstić information content (AvgIpc) is 2.68. The normalized spacial score (nSPS) is 15.6. The Hall–Kier alpha value is -2.08. The zero-order valence-electron chi connectivity index (χ0n) is 14.6. The molecule has 0 radical (unpaired) electrons. The van der Waals surface area contributed by atoms with E-state index in [1.807, 2.05) is 54.6 Å². The minimum Gasteiger partial charge on any atom is -0.457 e. The summed E-state index contributed by atoms with van der Waals surface area (Å²) < 4.78 is 11.3. The number of hydrogen-bond acceptors (Lipinski definition) is 4. The Labute approximate surface area is 160 Å². The van der Waals surface area contributed by atoms with Crippen LogP contribution in [0.5, 0.6) is 11.5 Å². The minimum absolute atomic E-state index is 0. The van der Waals surface area contributed by atoms with Gasteiger partial charge < -0.3 is 20.5 Å². The van der Waals surface area contributed by atoms with Crippen molar-refractivity contribution in [2.24, 2.45) is 11.1 Å². The minimum atomic E-state index is -0.520. The lowest BCUT2D eigenvalue weighted by atomic mass is 9.79. The van der Waals surface area contributed by atoms with E-state index in [9.17, 15) is 4.79 Å². The molecule has 0 aliphatic carbocycles. The Kier molecular flexibility index (Phi) is 7.45. The fraction of sp³-hybridized carbons (Fsp3) is 0.350. The quantitative estimate of drug-likeness (QED) is 0.811. The predicted octanol–water partition coefficient (Wildman–Crippen LogP) is 3.27. The lowest BCUT2D eigenvalue weighted by Crippen LogP contribution is -2.48. The summed E-state index contributed by atoms with van der Waals surface area (Å²) >= 11 is 0. The van der Waals surface area contributed by atoms with Gasteiger partial charge in [-0.2, -0.15) is 0 Å². The molecule has 1 fully saturated rings. The second kappa shape index (κ2) is 9.57. The number of rotatable bonds is 6. The monoisotopic (exact) mass is 376 g/mol. The van der Waals surface area contributed by atoms with Crippen LogP contribution in [0.1, 0.15) is 18.4 Å². The number of amides is 1. The van der Waals surface area contributed by atoms with Gasteiger partial charge >= 0.3 is 0 Å². The Morgan fingerprint density at radius 1 is 1.08 bits per heavy atom. The van der Waals surface area contributed by atoms with Crippen LogP contribution in [-0.2, 0) is 16.1 Å². The first-order valence-electron chi connectivity index (χ1n) is 8.60. The third-order valence-corrected chi connectivity index (χ3v) is 4.71. The van der Waals surface area contributed by atoms with Crippen molar-refractivity contribution in [2.75, 3.05) is 19.8 Å². The Bertz CT molecular complexity index is 703. The zero-order valence-corrected chi connectivity index (χ0v) is 15.5. The summed E-state index contributed by atoms with van der Waals surface area (Å²) in [7, 11) is 0. The lowest BCUT2D eigenvalue weighted by molar-refractivity contribution is -0.136. The third kappa shape index (κ3) is 4.75. The van der Waals surface area contributed by atoms with E-state index in [0.29, 0.717) is 39.1 Å². The summed E-state index contributed by atoms with van der Waals surface area (Å²) in [5, 5.41) is 3.03. The molecule has 1 aliphatic rings. The molecular formula is C20H25ClN2O3. The molecule has 3 N–H and O–H groups in total. The van der Waals surface area contributed by atoms with Crippen molar-refractivity contribution in [1.82, 2.24) is 5.32 Å². The number of para-hydroxylation sites is 2. The van der Waals surface area contributed by atoms with Gasteiger partial charge in [-0.25, -0.2) is 0 Å². The maximum Gasteiger partial charge on any atom is 0.227 e. The number of carbonyl (C=O) groups excluding carboxylic acids is 1. The molecule has 5 nitrogen and oxygen atoms in total. The first kappa shape index (κ1) is 20.2. The van der Waals surface area contributed by atoms with Gasteiger partial charge in [0.25, 0.3) is 0 Å². The molecule has 0 atom stereocenters. The van der Waals surface area contributed by atoms with Crippen LogP contribution in [0.2, 0.25) is 0 Å². The van der Waals surface area contributed by atoms with Gasteiger partial charge in [0, 0.05) is 31.9 Å². The summed E-state index contributed by atoms with van der Waals surface area (Å²) in [6, 6.07) is 17.3. The van der Waals surface area contributed by atoms with E-state index in [-0.39, 0.29) is 18.3 Å². The van der Waals surface area contributed by atoms with Crippen molar-refractivity contribution < 1.29 is 14.3 Å². The summed E-state index contributed by atoms with van der Waals surface area (Å²) in [6.07, 6.45) is 1.33. The number of hydrogen-bond donors (Lipinski definition) is 2. The molecule has 2 aromatic rings. The largest absolute Gasteiger partial charge is 0.457 e. The van der Waals surface area contributed by atoms with E-state index in [4.69, 9.17) is 15.2 Å². The molecule has 0 bridgehead atoms. The smallest absolute Gasteiger partial charge is 0.227 e. The number of benzene rings is 2. The molecule has 140 valence electrons. The number of nitrogens with one attached hydrogen (secondary N) is 1. The van der Waals surface area contributed by atoms with Crippen molar-refractivity contribution in [3.8, 4) is 11.5 Å². The highest BCUT2D eigenvalue weighted by Gasteiger charge is 2.38. The van der Waals surface area contributed by atoms with Crippen LogP contribution in [0.4, 0.5) is 0 Å². The number of ether oxygens (including phenoxy) is 2. The second-order valence-corrected chi connectivity index (χ2v) is 6.30. The van der Waals surface area contributed by atoms with E-state index < -0.39 is 5.41 Å².